The minimum atomic E-state index is -0.353. The lowest BCUT2D eigenvalue weighted by Crippen LogP contribution is -2.11. The van der Waals surface area contributed by atoms with Crippen molar-refractivity contribution in [3.63, 3.8) is 0 Å². The minimum Gasteiger partial charge on any atom is -0.460 e. The number of aromatic nitrogens is 2. The van der Waals surface area contributed by atoms with Gasteiger partial charge in [0.15, 0.2) is 5.82 Å². The monoisotopic (exact) mass is 292 g/mol. The normalized spacial score (nSPS) is 10.9. The Morgan fingerprint density at radius 1 is 1.29 bits per heavy atom. The highest BCUT2D eigenvalue weighted by atomic mass is 16.6. The highest BCUT2D eigenvalue weighted by molar-refractivity contribution is 5.91. The van der Waals surface area contributed by atoms with E-state index in [4.69, 9.17) is 14.0 Å². The van der Waals surface area contributed by atoms with Crippen LogP contribution < -0.4 is 0 Å². The van der Waals surface area contributed by atoms with Crippen LogP contribution in [0.15, 0.2) is 16.7 Å². The van der Waals surface area contributed by atoms with E-state index in [0.29, 0.717) is 24.6 Å². The molecule has 0 atom stereocenters. The molecular weight excluding hydrogens is 272 g/mol. The van der Waals surface area contributed by atoms with Gasteiger partial charge in [-0.05, 0) is 33.8 Å². The Hall–Kier alpha value is -2.08. The maximum Gasteiger partial charge on any atom is 0.340 e. The lowest BCUT2D eigenvalue weighted by Gasteiger charge is -2.06. The van der Waals surface area contributed by atoms with E-state index in [2.05, 4.69) is 5.16 Å². The molecule has 0 N–H and O–H groups in total. The fourth-order valence-corrected chi connectivity index (χ4v) is 2.20. The Balaban J connectivity index is 2.17. The topological polar surface area (TPSA) is 66.5 Å². The molecule has 114 valence electrons. The van der Waals surface area contributed by atoms with Crippen LogP contribution in [0.2, 0.25) is 0 Å². The van der Waals surface area contributed by atoms with Gasteiger partial charge in [-0.1, -0.05) is 5.16 Å². The van der Waals surface area contributed by atoms with Gasteiger partial charge < -0.3 is 14.0 Å². The van der Waals surface area contributed by atoms with Crippen LogP contribution in [0.25, 0.3) is 5.82 Å². The first-order valence-corrected chi connectivity index (χ1v) is 6.92. The molecule has 0 aromatic carbocycles. The summed E-state index contributed by atoms with van der Waals surface area (Å²) in [5.74, 6) is 1.03. The standard InChI is InChI=1S/C15H20N2O4/c1-5-19-6-7-20-15(18)13-8-10(2)17(12(13)4)14-9-11(3)21-16-14/h8-9H,5-7H2,1-4H3. The van der Waals surface area contributed by atoms with E-state index in [1.807, 2.05) is 38.3 Å². The van der Waals surface area contributed by atoms with Crippen molar-refractivity contribution in [3.8, 4) is 5.82 Å². The Morgan fingerprint density at radius 3 is 2.67 bits per heavy atom. The molecule has 0 fully saturated rings. The Kier molecular flexibility index (Phi) is 4.80. The summed E-state index contributed by atoms with van der Waals surface area (Å²) in [4.78, 5) is 12.1. The molecule has 0 aliphatic heterocycles. The molecule has 21 heavy (non-hydrogen) atoms. The molecule has 6 nitrogen and oxygen atoms in total. The maximum absolute atomic E-state index is 12.1. The Bertz CT molecular complexity index is 628. The molecule has 0 unspecified atom stereocenters. The molecule has 0 aliphatic rings. The number of carbonyl (C=O) groups excluding carboxylic acids is 1. The van der Waals surface area contributed by atoms with E-state index in [0.717, 1.165) is 17.1 Å². The van der Waals surface area contributed by atoms with Crippen molar-refractivity contribution >= 4 is 5.97 Å². The minimum absolute atomic E-state index is 0.249. The predicted octanol–water partition coefficient (Wildman–Crippen LogP) is 2.58. The predicted molar refractivity (Wildman–Crippen MR) is 76.8 cm³/mol. The molecule has 2 heterocycles. The number of esters is 1. The molecule has 0 radical (unpaired) electrons. The van der Waals surface area contributed by atoms with Gasteiger partial charge >= 0.3 is 5.97 Å². The number of nitrogens with zero attached hydrogens (tertiary/aromatic N) is 2. The molecule has 0 amide bonds. The molecule has 0 aliphatic carbocycles. The lowest BCUT2D eigenvalue weighted by molar-refractivity contribution is 0.0334. The largest absolute Gasteiger partial charge is 0.460 e. The second-order valence-electron chi connectivity index (χ2n) is 4.75. The summed E-state index contributed by atoms with van der Waals surface area (Å²) in [6, 6.07) is 3.62. The van der Waals surface area contributed by atoms with E-state index in [-0.39, 0.29) is 12.6 Å². The van der Waals surface area contributed by atoms with E-state index in [1.165, 1.54) is 0 Å². The van der Waals surface area contributed by atoms with Gasteiger partial charge in [-0.3, -0.25) is 4.57 Å². The summed E-state index contributed by atoms with van der Waals surface area (Å²) in [5.41, 5.74) is 2.21. The number of hydrogen-bond acceptors (Lipinski definition) is 5. The van der Waals surface area contributed by atoms with Crippen LogP contribution >= 0.6 is 0 Å². The number of hydrogen-bond donors (Lipinski definition) is 0. The van der Waals surface area contributed by atoms with Crippen LogP contribution in [-0.2, 0) is 9.47 Å². The molecule has 6 heteroatoms. The highest BCUT2D eigenvalue weighted by Crippen LogP contribution is 2.21. The zero-order valence-corrected chi connectivity index (χ0v) is 12.8. The van der Waals surface area contributed by atoms with E-state index in [1.54, 1.807) is 6.07 Å². The highest BCUT2D eigenvalue weighted by Gasteiger charge is 2.19. The van der Waals surface area contributed by atoms with Gasteiger partial charge in [0.25, 0.3) is 0 Å². The van der Waals surface area contributed by atoms with Crippen LogP contribution in [0.5, 0.6) is 0 Å². The molecule has 2 rings (SSSR count). The van der Waals surface area contributed by atoms with Crippen molar-refractivity contribution in [1.29, 1.82) is 0 Å². The van der Waals surface area contributed by atoms with E-state index in [9.17, 15) is 4.79 Å². The van der Waals surface area contributed by atoms with Gasteiger partial charge in [0.2, 0.25) is 0 Å². The first kappa shape index (κ1) is 15.3. The van der Waals surface area contributed by atoms with Crippen LogP contribution in [-0.4, -0.2) is 35.5 Å². The third-order valence-electron chi connectivity index (χ3n) is 3.16. The zero-order valence-electron chi connectivity index (χ0n) is 12.8. The summed E-state index contributed by atoms with van der Waals surface area (Å²) in [5, 5.41) is 3.98. The third kappa shape index (κ3) is 3.33. The number of carbonyl (C=O) groups is 1. The molecule has 0 spiro atoms. The fraction of sp³-hybridized carbons (Fsp3) is 0.467. The summed E-state index contributed by atoms with van der Waals surface area (Å²) in [6.45, 7) is 8.76. The van der Waals surface area contributed by atoms with Crippen molar-refractivity contribution < 1.29 is 18.8 Å². The SMILES string of the molecule is CCOCCOC(=O)c1cc(C)n(-c2cc(C)on2)c1C. The smallest absolute Gasteiger partial charge is 0.340 e. The van der Waals surface area contributed by atoms with Gasteiger partial charge in [0.05, 0.1) is 12.2 Å². The van der Waals surface area contributed by atoms with Crippen molar-refractivity contribution in [2.75, 3.05) is 19.8 Å². The van der Waals surface area contributed by atoms with E-state index >= 15 is 0 Å². The molecule has 0 bridgehead atoms. The lowest BCUT2D eigenvalue weighted by atomic mass is 10.2. The molecule has 0 saturated heterocycles. The van der Waals surface area contributed by atoms with Gasteiger partial charge in [0.1, 0.15) is 12.4 Å². The number of ether oxygens (including phenoxy) is 2. The average Bonchev–Trinajstić information content (AvgIpc) is 2.98. The molecular formula is C15H20N2O4. The summed E-state index contributed by atoms with van der Waals surface area (Å²) in [7, 11) is 0. The van der Waals surface area contributed by atoms with Crippen LogP contribution in [0.1, 0.15) is 34.4 Å². The van der Waals surface area contributed by atoms with Gasteiger partial charge in [-0.25, -0.2) is 4.79 Å². The third-order valence-corrected chi connectivity index (χ3v) is 3.16. The Labute approximate surface area is 123 Å². The van der Waals surface area contributed by atoms with Crippen molar-refractivity contribution in [1.82, 2.24) is 9.72 Å². The van der Waals surface area contributed by atoms with Crippen molar-refractivity contribution in [2.24, 2.45) is 0 Å². The second-order valence-corrected chi connectivity index (χ2v) is 4.75. The van der Waals surface area contributed by atoms with Crippen molar-refractivity contribution in [2.45, 2.75) is 27.7 Å². The maximum atomic E-state index is 12.1. The Morgan fingerprint density at radius 2 is 2.05 bits per heavy atom. The first-order chi connectivity index (χ1) is 10.0. The fourth-order valence-electron chi connectivity index (χ4n) is 2.20. The van der Waals surface area contributed by atoms with E-state index < -0.39 is 0 Å². The quantitative estimate of drug-likeness (QED) is 0.604. The van der Waals surface area contributed by atoms with Crippen molar-refractivity contribution in [3.05, 3.63) is 34.8 Å². The average molecular weight is 292 g/mol. The van der Waals surface area contributed by atoms with Crippen LogP contribution in [0.4, 0.5) is 0 Å². The summed E-state index contributed by atoms with van der Waals surface area (Å²) >= 11 is 0. The van der Waals surface area contributed by atoms with Crippen LogP contribution in [0.3, 0.4) is 0 Å². The zero-order chi connectivity index (χ0) is 15.4. The molecule has 2 aromatic rings. The number of aryl methyl sites for hydroxylation is 2. The number of rotatable bonds is 6. The van der Waals surface area contributed by atoms with Crippen LogP contribution in [0, 0.1) is 20.8 Å². The van der Waals surface area contributed by atoms with Gasteiger partial charge in [-0.15, -0.1) is 0 Å². The summed E-state index contributed by atoms with van der Waals surface area (Å²) in [6.07, 6.45) is 0. The van der Waals surface area contributed by atoms with Gasteiger partial charge in [-0.2, -0.15) is 0 Å². The summed E-state index contributed by atoms with van der Waals surface area (Å²) < 4.78 is 17.3. The second kappa shape index (κ2) is 6.58. The molecule has 2 aromatic heterocycles. The first-order valence-electron chi connectivity index (χ1n) is 6.92. The van der Waals surface area contributed by atoms with Gasteiger partial charge in [0, 0.05) is 24.1 Å². The molecule has 0 saturated carbocycles.